The van der Waals surface area contributed by atoms with Crippen LogP contribution in [0, 0.1) is 0 Å². The molecule has 0 atom stereocenters. The van der Waals surface area contributed by atoms with E-state index < -0.39 is 0 Å². The minimum absolute atomic E-state index is 0. The number of nitrogens with zero attached hydrogens (tertiary/aromatic N) is 3. The molecular formula is C17H17ClN4S. The van der Waals surface area contributed by atoms with E-state index in [0.717, 1.165) is 38.5 Å². The highest BCUT2D eigenvalue weighted by molar-refractivity contribution is 7.22. The van der Waals surface area contributed by atoms with Gasteiger partial charge in [0.05, 0.1) is 16.5 Å². The summed E-state index contributed by atoms with van der Waals surface area (Å²) in [5.74, 6) is 0. The SMILES string of the molecule is CCc1ccccc1Nc1nc2c(ccc3c2ncn3C)s1.Cl. The first kappa shape index (κ1) is 15.8. The normalized spacial score (nSPS) is 10.9. The lowest BCUT2D eigenvalue weighted by molar-refractivity contribution is 0.948. The number of imidazole rings is 1. The van der Waals surface area contributed by atoms with E-state index in [0.29, 0.717) is 0 Å². The van der Waals surface area contributed by atoms with Crippen molar-refractivity contribution in [1.82, 2.24) is 14.5 Å². The summed E-state index contributed by atoms with van der Waals surface area (Å²) in [7, 11) is 2.00. The van der Waals surface area contributed by atoms with Crippen LogP contribution in [0.4, 0.5) is 10.8 Å². The van der Waals surface area contributed by atoms with Crippen LogP contribution in [0.25, 0.3) is 21.3 Å². The maximum Gasteiger partial charge on any atom is 0.188 e. The fraction of sp³-hybridized carbons (Fsp3) is 0.176. The van der Waals surface area contributed by atoms with Gasteiger partial charge < -0.3 is 9.88 Å². The minimum Gasteiger partial charge on any atom is -0.334 e. The molecule has 0 unspecified atom stereocenters. The van der Waals surface area contributed by atoms with Crippen LogP contribution in [-0.2, 0) is 13.5 Å². The number of hydrogen-bond acceptors (Lipinski definition) is 4. The van der Waals surface area contributed by atoms with Gasteiger partial charge in [-0.1, -0.05) is 36.5 Å². The summed E-state index contributed by atoms with van der Waals surface area (Å²) in [5.41, 5.74) is 5.47. The Hall–Kier alpha value is -2.11. The zero-order chi connectivity index (χ0) is 15.1. The predicted octanol–water partition coefficient (Wildman–Crippen LogP) is 4.91. The topological polar surface area (TPSA) is 42.7 Å². The molecule has 118 valence electrons. The molecule has 0 spiro atoms. The van der Waals surface area contributed by atoms with E-state index >= 15 is 0 Å². The van der Waals surface area contributed by atoms with Gasteiger partial charge in [-0.2, -0.15) is 0 Å². The first-order valence-electron chi connectivity index (χ1n) is 7.31. The number of fused-ring (bicyclic) bond motifs is 3. The van der Waals surface area contributed by atoms with Crippen molar-refractivity contribution in [1.29, 1.82) is 0 Å². The molecule has 2 aromatic heterocycles. The fourth-order valence-electron chi connectivity index (χ4n) is 2.71. The molecule has 23 heavy (non-hydrogen) atoms. The van der Waals surface area contributed by atoms with E-state index in [4.69, 9.17) is 4.98 Å². The smallest absolute Gasteiger partial charge is 0.188 e. The molecule has 0 saturated heterocycles. The Kier molecular flexibility index (Phi) is 4.24. The zero-order valence-electron chi connectivity index (χ0n) is 12.9. The molecule has 4 nitrogen and oxygen atoms in total. The van der Waals surface area contributed by atoms with Crippen LogP contribution in [-0.4, -0.2) is 14.5 Å². The van der Waals surface area contributed by atoms with E-state index in [-0.39, 0.29) is 12.4 Å². The van der Waals surface area contributed by atoms with Crippen LogP contribution < -0.4 is 5.32 Å². The van der Waals surface area contributed by atoms with Crippen LogP contribution in [0.1, 0.15) is 12.5 Å². The number of aryl methyl sites for hydroxylation is 2. The first-order chi connectivity index (χ1) is 10.8. The number of hydrogen-bond donors (Lipinski definition) is 1. The van der Waals surface area contributed by atoms with Gasteiger partial charge in [-0.25, -0.2) is 9.97 Å². The van der Waals surface area contributed by atoms with Gasteiger partial charge in [-0.05, 0) is 30.2 Å². The van der Waals surface area contributed by atoms with Gasteiger partial charge in [-0.3, -0.25) is 0 Å². The van der Waals surface area contributed by atoms with E-state index in [1.165, 1.54) is 5.56 Å². The number of benzene rings is 2. The van der Waals surface area contributed by atoms with Crippen LogP contribution in [0.15, 0.2) is 42.7 Å². The molecule has 2 heterocycles. The molecule has 0 radical (unpaired) electrons. The second-order valence-corrected chi connectivity index (χ2v) is 6.32. The Morgan fingerprint density at radius 2 is 1.96 bits per heavy atom. The molecule has 0 saturated carbocycles. The first-order valence-corrected chi connectivity index (χ1v) is 8.13. The third-order valence-corrected chi connectivity index (χ3v) is 4.83. The number of thiazole rings is 1. The maximum absolute atomic E-state index is 4.76. The Bertz CT molecular complexity index is 973. The largest absolute Gasteiger partial charge is 0.334 e. The molecule has 2 aromatic carbocycles. The average molecular weight is 345 g/mol. The molecule has 1 N–H and O–H groups in total. The van der Waals surface area contributed by atoms with Crippen molar-refractivity contribution in [3.05, 3.63) is 48.3 Å². The van der Waals surface area contributed by atoms with Crippen LogP contribution in [0.2, 0.25) is 0 Å². The number of aromatic nitrogens is 3. The standard InChI is InChI=1S/C17H16N4S.ClH/c1-3-11-6-4-5-7-12(11)19-17-20-16-14(22-17)9-8-13-15(16)18-10-21(13)2;/h4-10H,3H2,1-2H3,(H,19,20);1H. The number of anilines is 2. The maximum atomic E-state index is 4.76. The summed E-state index contributed by atoms with van der Waals surface area (Å²) in [6, 6.07) is 12.6. The number of para-hydroxylation sites is 1. The molecule has 4 aromatic rings. The van der Waals surface area contributed by atoms with Gasteiger partial charge in [0, 0.05) is 12.7 Å². The monoisotopic (exact) mass is 344 g/mol. The fourth-order valence-corrected chi connectivity index (χ4v) is 3.59. The van der Waals surface area contributed by atoms with E-state index in [1.54, 1.807) is 11.3 Å². The van der Waals surface area contributed by atoms with Crippen LogP contribution >= 0.6 is 23.7 Å². The molecule has 4 rings (SSSR count). The predicted molar refractivity (Wildman–Crippen MR) is 100 cm³/mol. The summed E-state index contributed by atoms with van der Waals surface area (Å²) in [6.45, 7) is 2.16. The van der Waals surface area contributed by atoms with Gasteiger partial charge in [0.2, 0.25) is 0 Å². The van der Waals surface area contributed by atoms with Crippen LogP contribution in [0.5, 0.6) is 0 Å². The van der Waals surface area contributed by atoms with Crippen molar-refractivity contribution in [2.45, 2.75) is 13.3 Å². The molecule has 0 bridgehead atoms. The lowest BCUT2D eigenvalue weighted by atomic mass is 10.1. The summed E-state index contributed by atoms with van der Waals surface area (Å²) >= 11 is 1.66. The van der Waals surface area contributed by atoms with E-state index in [1.807, 2.05) is 24.0 Å². The third-order valence-electron chi connectivity index (χ3n) is 3.89. The minimum atomic E-state index is 0. The Morgan fingerprint density at radius 1 is 1.13 bits per heavy atom. The second kappa shape index (κ2) is 6.18. The Balaban J connectivity index is 0.00000156. The van der Waals surface area contributed by atoms with E-state index in [2.05, 4.69) is 47.6 Å². The van der Waals surface area contributed by atoms with E-state index in [9.17, 15) is 0 Å². The quantitative estimate of drug-likeness (QED) is 0.574. The van der Waals surface area contributed by atoms with Gasteiger partial charge in [0.25, 0.3) is 0 Å². The third kappa shape index (κ3) is 2.66. The molecule has 0 aliphatic carbocycles. The molecule has 0 aliphatic rings. The molecule has 6 heteroatoms. The Morgan fingerprint density at radius 3 is 2.78 bits per heavy atom. The Labute approximate surface area is 144 Å². The van der Waals surface area contributed by atoms with Crippen LogP contribution in [0.3, 0.4) is 0 Å². The summed E-state index contributed by atoms with van der Waals surface area (Å²) in [5, 5.41) is 4.37. The highest BCUT2D eigenvalue weighted by Crippen LogP contribution is 2.33. The number of halogens is 1. The van der Waals surface area contributed by atoms with Crippen molar-refractivity contribution in [3.8, 4) is 0 Å². The summed E-state index contributed by atoms with van der Waals surface area (Å²) in [6.07, 6.45) is 2.83. The zero-order valence-corrected chi connectivity index (χ0v) is 14.5. The average Bonchev–Trinajstić information content (AvgIpc) is 3.11. The van der Waals surface area contributed by atoms with Crippen molar-refractivity contribution >= 4 is 55.8 Å². The molecule has 0 aliphatic heterocycles. The molecule has 0 amide bonds. The van der Waals surface area contributed by atoms with Crippen molar-refractivity contribution in [3.63, 3.8) is 0 Å². The highest BCUT2D eigenvalue weighted by Gasteiger charge is 2.11. The lowest BCUT2D eigenvalue weighted by Crippen LogP contribution is -1.94. The van der Waals surface area contributed by atoms with Gasteiger partial charge in [0.15, 0.2) is 5.13 Å². The van der Waals surface area contributed by atoms with Gasteiger partial charge in [0.1, 0.15) is 11.0 Å². The second-order valence-electron chi connectivity index (χ2n) is 5.29. The number of nitrogens with one attached hydrogen (secondary N) is 1. The molecule has 0 fully saturated rings. The number of rotatable bonds is 3. The van der Waals surface area contributed by atoms with Gasteiger partial charge >= 0.3 is 0 Å². The van der Waals surface area contributed by atoms with Crippen molar-refractivity contribution < 1.29 is 0 Å². The highest BCUT2D eigenvalue weighted by atomic mass is 35.5. The lowest BCUT2D eigenvalue weighted by Gasteiger charge is -2.07. The molecular weight excluding hydrogens is 328 g/mol. The van der Waals surface area contributed by atoms with Crippen molar-refractivity contribution in [2.24, 2.45) is 7.05 Å². The van der Waals surface area contributed by atoms with Gasteiger partial charge in [-0.15, -0.1) is 12.4 Å². The van der Waals surface area contributed by atoms with Crippen molar-refractivity contribution in [2.75, 3.05) is 5.32 Å². The summed E-state index contributed by atoms with van der Waals surface area (Å²) < 4.78 is 3.18. The summed E-state index contributed by atoms with van der Waals surface area (Å²) in [4.78, 5) is 9.24.